The van der Waals surface area contributed by atoms with Crippen LogP contribution in [0.15, 0.2) is 65.8 Å². The van der Waals surface area contributed by atoms with Crippen LogP contribution in [0.3, 0.4) is 0 Å². The normalized spacial score (nSPS) is 9.96. The minimum Gasteiger partial charge on any atom is -0.385 e. The second kappa shape index (κ2) is 9.38. The Labute approximate surface area is 135 Å². The standard InChI is InChI=1S/C18H20N2O3/c1-22-13-12-19-17(21)14-23-20-18(15-8-4-2-5-9-15)16-10-6-3-7-11-16/h2-11H,12-14H2,1H3,(H,19,21). The van der Waals surface area contributed by atoms with Crippen molar-refractivity contribution in [2.75, 3.05) is 26.9 Å². The van der Waals surface area contributed by atoms with Crippen LogP contribution in [0.4, 0.5) is 0 Å². The Kier molecular flexibility index (Phi) is 6.81. The number of carbonyl (C=O) groups excluding carboxylic acids is 1. The van der Waals surface area contributed by atoms with Crippen LogP contribution in [0.5, 0.6) is 0 Å². The fraction of sp³-hybridized carbons (Fsp3) is 0.222. The fourth-order valence-electron chi connectivity index (χ4n) is 1.96. The van der Waals surface area contributed by atoms with Crippen molar-refractivity contribution in [2.45, 2.75) is 0 Å². The lowest BCUT2D eigenvalue weighted by atomic mass is 10.0. The second-order valence-electron chi connectivity index (χ2n) is 4.79. The van der Waals surface area contributed by atoms with E-state index in [4.69, 9.17) is 9.57 Å². The predicted molar refractivity (Wildman–Crippen MR) is 89.4 cm³/mol. The van der Waals surface area contributed by atoms with Crippen molar-refractivity contribution in [3.63, 3.8) is 0 Å². The number of benzene rings is 2. The number of carbonyl (C=O) groups is 1. The molecule has 2 aromatic rings. The quantitative estimate of drug-likeness (QED) is 0.462. The summed E-state index contributed by atoms with van der Waals surface area (Å²) in [5.41, 5.74) is 2.55. The van der Waals surface area contributed by atoms with Gasteiger partial charge in [0, 0.05) is 24.8 Å². The number of hydrogen-bond donors (Lipinski definition) is 1. The smallest absolute Gasteiger partial charge is 0.260 e. The molecule has 2 rings (SSSR count). The molecule has 0 saturated heterocycles. The molecule has 0 fully saturated rings. The molecule has 0 bridgehead atoms. The summed E-state index contributed by atoms with van der Waals surface area (Å²) in [6, 6.07) is 19.4. The average Bonchev–Trinajstić information content (AvgIpc) is 2.60. The monoisotopic (exact) mass is 312 g/mol. The predicted octanol–water partition coefficient (Wildman–Crippen LogP) is 2.22. The molecule has 0 aliphatic carbocycles. The van der Waals surface area contributed by atoms with E-state index in [-0.39, 0.29) is 12.5 Å². The molecular weight excluding hydrogens is 292 g/mol. The van der Waals surface area contributed by atoms with E-state index < -0.39 is 0 Å². The van der Waals surface area contributed by atoms with E-state index in [1.54, 1.807) is 7.11 Å². The maximum absolute atomic E-state index is 11.6. The van der Waals surface area contributed by atoms with Crippen molar-refractivity contribution >= 4 is 11.6 Å². The molecule has 0 radical (unpaired) electrons. The van der Waals surface area contributed by atoms with Crippen LogP contribution in [0.25, 0.3) is 0 Å². The van der Waals surface area contributed by atoms with Crippen LogP contribution < -0.4 is 5.32 Å². The van der Waals surface area contributed by atoms with Gasteiger partial charge in [0.25, 0.3) is 5.91 Å². The Balaban J connectivity index is 2.05. The van der Waals surface area contributed by atoms with Gasteiger partial charge in [0.1, 0.15) is 5.71 Å². The van der Waals surface area contributed by atoms with E-state index in [0.717, 1.165) is 11.1 Å². The Morgan fingerprint density at radius 1 is 1.00 bits per heavy atom. The zero-order valence-corrected chi connectivity index (χ0v) is 13.1. The number of amides is 1. The lowest BCUT2D eigenvalue weighted by Gasteiger charge is -2.08. The van der Waals surface area contributed by atoms with Crippen LogP contribution >= 0.6 is 0 Å². The van der Waals surface area contributed by atoms with E-state index >= 15 is 0 Å². The molecule has 0 atom stereocenters. The van der Waals surface area contributed by atoms with Crippen molar-refractivity contribution in [3.05, 3.63) is 71.8 Å². The van der Waals surface area contributed by atoms with Crippen LogP contribution in [0, 0.1) is 0 Å². The number of methoxy groups -OCH3 is 1. The number of hydrogen-bond acceptors (Lipinski definition) is 4. The third kappa shape index (κ3) is 5.56. The minimum absolute atomic E-state index is 0.132. The third-order valence-corrected chi connectivity index (χ3v) is 3.07. The summed E-state index contributed by atoms with van der Waals surface area (Å²) in [7, 11) is 1.58. The molecule has 120 valence electrons. The summed E-state index contributed by atoms with van der Waals surface area (Å²) in [6.45, 7) is 0.786. The highest BCUT2D eigenvalue weighted by Crippen LogP contribution is 2.11. The van der Waals surface area contributed by atoms with Crippen molar-refractivity contribution in [3.8, 4) is 0 Å². The van der Waals surface area contributed by atoms with Crippen LogP contribution in [0.1, 0.15) is 11.1 Å². The summed E-state index contributed by atoms with van der Waals surface area (Å²) in [4.78, 5) is 16.8. The summed E-state index contributed by atoms with van der Waals surface area (Å²) in [5, 5.41) is 6.84. The molecule has 0 saturated carbocycles. The van der Waals surface area contributed by atoms with Gasteiger partial charge in [-0.1, -0.05) is 65.8 Å². The zero-order valence-electron chi connectivity index (χ0n) is 13.1. The lowest BCUT2D eigenvalue weighted by Crippen LogP contribution is -2.30. The number of nitrogens with zero attached hydrogens (tertiary/aromatic N) is 1. The summed E-state index contributed by atoms with van der Waals surface area (Å²) >= 11 is 0. The Morgan fingerprint density at radius 2 is 1.57 bits per heavy atom. The van der Waals surface area contributed by atoms with E-state index in [9.17, 15) is 4.79 Å². The van der Waals surface area contributed by atoms with E-state index in [1.165, 1.54) is 0 Å². The Hall–Kier alpha value is -2.66. The molecule has 0 heterocycles. The number of nitrogens with one attached hydrogen (secondary N) is 1. The summed E-state index contributed by atoms with van der Waals surface area (Å²) < 4.78 is 4.87. The first-order valence-corrected chi connectivity index (χ1v) is 7.37. The highest BCUT2D eigenvalue weighted by molar-refractivity contribution is 6.12. The summed E-state index contributed by atoms with van der Waals surface area (Å²) in [6.07, 6.45) is 0. The van der Waals surface area contributed by atoms with Crippen molar-refractivity contribution in [2.24, 2.45) is 5.16 Å². The third-order valence-electron chi connectivity index (χ3n) is 3.07. The number of ether oxygens (including phenoxy) is 1. The van der Waals surface area contributed by atoms with E-state index in [0.29, 0.717) is 18.9 Å². The highest BCUT2D eigenvalue weighted by Gasteiger charge is 2.08. The van der Waals surface area contributed by atoms with Gasteiger partial charge in [-0.25, -0.2) is 0 Å². The molecule has 5 nitrogen and oxygen atoms in total. The largest absolute Gasteiger partial charge is 0.385 e. The van der Waals surface area contributed by atoms with Gasteiger partial charge in [0.15, 0.2) is 6.61 Å². The molecule has 0 spiro atoms. The molecule has 1 amide bonds. The number of oxime groups is 1. The molecule has 0 aliphatic heterocycles. The Morgan fingerprint density at radius 3 is 2.09 bits per heavy atom. The SMILES string of the molecule is COCCNC(=O)CON=C(c1ccccc1)c1ccccc1. The maximum Gasteiger partial charge on any atom is 0.260 e. The minimum atomic E-state index is -0.230. The van der Waals surface area contributed by atoms with Crippen LogP contribution in [-0.2, 0) is 14.4 Å². The molecule has 0 aliphatic rings. The van der Waals surface area contributed by atoms with Gasteiger partial charge in [-0.15, -0.1) is 0 Å². The Bertz CT molecular complexity index is 586. The first kappa shape index (κ1) is 16.7. The average molecular weight is 312 g/mol. The van der Waals surface area contributed by atoms with Gasteiger partial charge in [-0.2, -0.15) is 0 Å². The van der Waals surface area contributed by atoms with Crippen LogP contribution in [-0.4, -0.2) is 38.5 Å². The topological polar surface area (TPSA) is 59.9 Å². The molecule has 23 heavy (non-hydrogen) atoms. The van der Waals surface area contributed by atoms with Crippen molar-refractivity contribution < 1.29 is 14.4 Å². The number of rotatable bonds is 8. The highest BCUT2D eigenvalue weighted by atomic mass is 16.6. The maximum atomic E-state index is 11.6. The molecule has 2 aromatic carbocycles. The van der Waals surface area contributed by atoms with Crippen molar-refractivity contribution in [1.82, 2.24) is 5.32 Å². The molecule has 5 heteroatoms. The first-order valence-electron chi connectivity index (χ1n) is 7.37. The van der Waals surface area contributed by atoms with Gasteiger partial charge in [-0.05, 0) is 0 Å². The molecular formula is C18H20N2O3. The second-order valence-corrected chi connectivity index (χ2v) is 4.79. The first-order chi connectivity index (χ1) is 11.3. The van der Waals surface area contributed by atoms with Crippen molar-refractivity contribution in [1.29, 1.82) is 0 Å². The molecule has 0 unspecified atom stereocenters. The van der Waals surface area contributed by atoms with Crippen LogP contribution in [0.2, 0.25) is 0 Å². The lowest BCUT2D eigenvalue weighted by molar-refractivity contribution is -0.125. The van der Waals surface area contributed by atoms with Gasteiger partial charge < -0.3 is 14.9 Å². The zero-order chi connectivity index (χ0) is 16.3. The fourth-order valence-corrected chi connectivity index (χ4v) is 1.96. The van der Waals surface area contributed by atoms with Gasteiger partial charge >= 0.3 is 0 Å². The van der Waals surface area contributed by atoms with E-state index in [1.807, 2.05) is 60.7 Å². The molecule has 0 aromatic heterocycles. The van der Waals surface area contributed by atoms with E-state index in [2.05, 4.69) is 10.5 Å². The van der Waals surface area contributed by atoms with Gasteiger partial charge in [0.2, 0.25) is 0 Å². The van der Waals surface area contributed by atoms with Gasteiger partial charge in [0.05, 0.1) is 6.61 Å². The van der Waals surface area contributed by atoms with Gasteiger partial charge in [-0.3, -0.25) is 4.79 Å². The summed E-state index contributed by atoms with van der Waals surface area (Å²) in [5.74, 6) is -0.230. The molecule has 1 N–H and O–H groups in total.